The van der Waals surface area contributed by atoms with Crippen molar-refractivity contribution in [1.29, 1.82) is 0 Å². The van der Waals surface area contributed by atoms with E-state index in [9.17, 15) is 19.1 Å². The molecule has 2 aromatic heterocycles. The van der Waals surface area contributed by atoms with Gasteiger partial charge in [0.2, 0.25) is 0 Å². The SMILES string of the molecule is O=C(Nc1ccc(-c2cc(C3CCCC3)n(C(=O)NCc3ccccc3F)n2)c(O)c1)c1cc2ccccc2s1. The van der Waals surface area contributed by atoms with Gasteiger partial charge >= 0.3 is 6.03 Å². The van der Waals surface area contributed by atoms with Crippen LogP contribution in [0, 0.1) is 5.82 Å². The third-order valence-corrected chi connectivity index (χ3v) is 8.39. The Kier molecular flexibility index (Phi) is 7.04. The number of thiophene rings is 1. The first-order valence-corrected chi connectivity index (χ1v) is 14.0. The monoisotopic (exact) mass is 554 g/mol. The van der Waals surface area contributed by atoms with Gasteiger partial charge in [-0.25, -0.2) is 9.18 Å². The predicted octanol–water partition coefficient (Wildman–Crippen LogP) is 7.28. The lowest BCUT2D eigenvalue weighted by molar-refractivity contribution is 0.103. The summed E-state index contributed by atoms with van der Waals surface area (Å²) < 4.78 is 16.4. The van der Waals surface area contributed by atoms with Gasteiger partial charge in [-0.15, -0.1) is 11.3 Å². The molecule has 0 aliphatic heterocycles. The zero-order valence-electron chi connectivity index (χ0n) is 21.6. The minimum Gasteiger partial charge on any atom is -0.507 e. The van der Waals surface area contributed by atoms with E-state index in [4.69, 9.17) is 0 Å². The number of carbonyl (C=O) groups is 2. The van der Waals surface area contributed by atoms with Gasteiger partial charge in [0.25, 0.3) is 5.91 Å². The van der Waals surface area contributed by atoms with E-state index >= 15 is 0 Å². The Bertz CT molecular complexity index is 1690. The molecule has 1 aliphatic carbocycles. The number of aromatic nitrogens is 2. The summed E-state index contributed by atoms with van der Waals surface area (Å²) in [5.74, 6) is -0.539. The number of hydrogen-bond donors (Lipinski definition) is 3. The van der Waals surface area contributed by atoms with Crippen LogP contribution in [-0.2, 0) is 6.54 Å². The molecule has 1 fully saturated rings. The number of anilines is 1. The molecule has 40 heavy (non-hydrogen) atoms. The number of amides is 2. The zero-order chi connectivity index (χ0) is 27.6. The van der Waals surface area contributed by atoms with Gasteiger partial charge in [0.15, 0.2) is 0 Å². The molecule has 0 bridgehead atoms. The van der Waals surface area contributed by atoms with Crippen molar-refractivity contribution in [2.24, 2.45) is 0 Å². The Morgan fingerprint density at radius 2 is 1.77 bits per heavy atom. The van der Waals surface area contributed by atoms with E-state index in [0.29, 0.717) is 27.4 Å². The van der Waals surface area contributed by atoms with Crippen LogP contribution in [0.3, 0.4) is 0 Å². The van der Waals surface area contributed by atoms with E-state index in [0.717, 1.165) is 41.5 Å². The number of phenols is 1. The van der Waals surface area contributed by atoms with Gasteiger partial charge in [-0.05, 0) is 54.6 Å². The van der Waals surface area contributed by atoms with Crippen LogP contribution < -0.4 is 10.6 Å². The molecule has 9 heteroatoms. The van der Waals surface area contributed by atoms with Gasteiger partial charge < -0.3 is 15.7 Å². The smallest absolute Gasteiger partial charge is 0.342 e. The van der Waals surface area contributed by atoms with Crippen LogP contribution in [0.15, 0.2) is 78.9 Å². The highest BCUT2D eigenvalue weighted by atomic mass is 32.1. The fraction of sp³-hybridized carbons (Fsp3) is 0.194. The highest BCUT2D eigenvalue weighted by Crippen LogP contribution is 2.38. The zero-order valence-corrected chi connectivity index (χ0v) is 22.4. The average Bonchev–Trinajstić information content (AvgIpc) is 3.72. The van der Waals surface area contributed by atoms with E-state index in [1.165, 1.54) is 28.2 Å². The van der Waals surface area contributed by atoms with Gasteiger partial charge in [-0.1, -0.05) is 49.2 Å². The molecule has 6 rings (SSSR count). The minimum atomic E-state index is -0.455. The summed E-state index contributed by atoms with van der Waals surface area (Å²) in [7, 11) is 0. The molecule has 7 nitrogen and oxygen atoms in total. The molecule has 3 aromatic carbocycles. The van der Waals surface area contributed by atoms with Crippen molar-refractivity contribution in [2.45, 2.75) is 38.1 Å². The van der Waals surface area contributed by atoms with Crippen molar-refractivity contribution in [3.8, 4) is 17.0 Å². The Labute approximate surface area is 234 Å². The number of carbonyl (C=O) groups excluding carboxylic acids is 2. The molecule has 202 valence electrons. The number of rotatable bonds is 6. The Morgan fingerprint density at radius 1 is 1.00 bits per heavy atom. The highest BCUT2D eigenvalue weighted by molar-refractivity contribution is 7.20. The molecule has 2 heterocycles. The third-order valence-electron chi connectivity index (χ3n) is 7.27. The van der Waals surface area contributed by atoms with Crippen LogP contribution in [0.2, 0.25) is 0 Å². The van der Waals surface area contributed by atoms with Crippen LogP contribution in [0.25, 0.3) is 21.3 Å². The Hall–Kier alpha value is -4.50. The van der Waals surface area contributed by atoms with Crippen molar-refractivity contribution in [3.63, 3.8) is 0 Å². The first-order valence-electron chi connectivity index (χ1n) is 13.2. The van der Waals surface area contributed by atoms with Crippen molar-refractivity contribution >= 4 is 39.0 Å². The number of phenolic OH excluding ortho intramolecular Hbond substituents is 1. The van der Waals surface area contributed by atoms with E-state index in [1.54, 1.807) is 30.3 Å². The molecular weight excluding hydrogens is 527 g/mol. The van der Waals surface area contributed by atoms with Gasteiger partial charge in [-0.2, -0.15) is 9.78 Å². The lowest BCUT2D eigenvalue weighted by Gasteiger charge is -2.12. The van der Waals surface area contributed by atoms with Crippen molar-refractivity contribution < 1.29 is 19.1 Å². The molecular formula is C31H27FN4O3S. The molecule has 1 aliphatic rings. The van der Waals surface area contributed by atoms with E-state index in [1.807, 2.05) is 36.4 Å². The standard InChI is InChI=1S/C31H27FN4O3S/c32-24-11-5-3-10-21(24)18-33-31(39)36-26(19-7-1-2-8-19)17-25(35-36)23-14-13-22(16-27(23)37)34-30(38)29-15-20-9-4-6-12-28(20)40-29/h3-6,9-17,19,37H,1-2,7-8,18H2,(H,33,39)(H,34,38). The third kappa shape index (κ3) is 5.20. The summed E-state index contributed by atoms with van der Waals surface area (Å²) in [6.45, 7) is 0.0320. The topological polar surface area (TPSA) is 96.3 Å². The maximum Gasteiger partial charge on any atom is 0.342 e. The second-order valence-corrected chi connectivity index (χ2v) is 11.0. The summed E-state index contributed by atoms with van der Waals surface area (Å²) in [5, 5.41) is 22.1. The number of nitrogens with one attached hydrogen (secondary N) is 2. The quantitative estimate of drug-likeness (QED) is 0.206. The van der Waals surface area contributed by atoms with Crippen molar-refractivity contribution in [3.05, 3.63) is 101 Å². The summed E-state index contributed by atoms with van der Waals surface area (Å²) >= 11 is 1.41. The van der Waals surface area contributed by atoms with Crippen molar-refractivity contribution in [1.82, 2.24) is 15.1 Å². The van der Waals surface area contributed by atoms with E-state index < -0.39 is 6.03 Å². The largest absolute Gasteiger partial charge is 0.507 e. The van der Waals surface area contributed by atoms with Crippen LogP contribution >= 0.6 is 11.3 Å². The maximum atomic E-state index is 14.1. The normalized spacial score (nSPS) is 13.5. The number of halogens is 1. The number of fused-ring (bicyclic) bond motifs is 1. The van der Waals surface area contributed by atoms with Gasteiger partial charge in [0.05, 0.1) is 16.3 Å². The molecule has 0 unspecified atom stereocenters. The van der Waals surface area contributed by atoms with Crippen molar-refractivity contribution in [2.75, 3.05) is 5.32 Å². The Morgan fingerprint density at radius 3 is 2.55 bits per heavy atom. The first-order chi connectivity index (χ1) is 19.5. The van der Waals surface area contributed by atoms with Crippen LogP contribution in [0.5, 0.6) is 5.75 Å². The summed E-state index contributed by atoms with van der Waals surface area (Å²) in [5.41, 5.74) is 2.49. The summed E-state index contributed by atoms with van der Waals surface area (Å²) in [6.07, 6.45) is 4.03. The predicted molar refractivity (Wildman–Crippen MR) is 154 cm³/mol. The molecule has 0 atom stereocenters. The molecule has 2 amide bonds. The number of nitrogens with zero attached hydrogens (tertiary/aromatic N) is 2. The van der Waals surface area contributed by atoms with Crippen LogP contribution in [0.4, 0.5) is 14.9 Å². The lowest BCUT2D eigenvalue weighted by Crippen LogP contribution is -2.31. The molecule has 0 radical (unpaired) electrons. The molecule has 1 saturated carbocycles. The van der Waals surface area contributed by atoms with Crippen LogP contribution in [-0.4, -0.2) is 26.8 Å². The van der Waals surface area contributed by atoms with E-state index in [2.05, 4.69) is 15.7 Å². The first kappa shape index (κ1) is 25.8. The minimum absolute atomic E-state index is 0.0320. The maximum absolute atomic E-state index is 14.1. The number of hydrogen-bond acceptors (Lipinski definition) is 5. The second kappa shape index (κ2) is 10.9. The molecule has 5 aromatic rings. The number of aromatic hydroxyl groups is 1. The molecule has 3 N–H and O–H groups in total. The Balaban J connectivity index is 1.23. The molecule has 0 spiro atoms. The summed E-state index contributed by atoms with van der Waals surface area (Å²) in [6, 6.07) is 22.2. The van der Waals surface area contributed by atoms with Gasteiger partial charge in [-0.3, -0.25) is 4.79 Å². The van der Waals surface area contributed by atoms with Gasteiger partial charge in [0.1, 0.15) is 11.6 Å². The van der Waals surface area contributed by atoms with Gasteiger partial charge in [0, 0.05) is 40.0 Å². The number of benzene rings is 3. The fourth-order valence-corrected chi connectivity index (χ4v) is 6.16. The molecule has 0 saturated heterocycles. The van der Waals surface area contributed by atoms with E-state index in [-0.39, 0.29) is 29.9 Å². The average molecular weight is 555 g/mol. The lowest BCUT2D eigenvalue weighted by atomic mass is 10.0. The van der Waals surface area contributed by atoms with Crippen LogP contribution in [0.1, 0.15) is 52.5 Å². The fourth-order valence-electron chi connectivity index (χ4n) is 5.20. The second-order valence-electron chi connectivity index (χ2n) is 9.93. The highest BCUT2D eigenvalue weighted by Gasteiger charge is 2.26. The summed E-state index contributed by atoms with van der Waals surface area (Å²) in [4.78, 5) is 26.6.